The molecule has 1 saturated heterocycles. The maximum atomic E-state index is 12.4. The maximum Gasteiger partial charge on any atom is 0.238 e. The SMILES string of the molecule is Cc1cc(N2C(=O)CS[C@@H]2c2ccc(Cl)cc2Cl)ccc1Br. The van der Waals surface area contributed by atoms with E-state index in [0.29, 0.717) is 15.8 Å². The lowest BCUT2D eigenvalue weighted by Crippen LogP contribution is -2.28. The molecule has 1 fully saturated rings. The molecule has 2 aromatic rings. The summed E-state index contributed by atoms with van der Waals surface area (Å²) < 4.78 is 1.02. The molecule has 0 saturated carbocycles. The van der Waals surface area contributed by atoms with Crippen molar-refractivity contribution in [2.75, 3.05) is 10.7 Å². The summed E-state index contributed by atoms with van der Waals surface area (Å²) in [5.41, 5.74) is 2.87. The highest BCUT2D eigenvalue weighted by Crippen LogP contribution is 2.44. The molecule has 2 aromatic carbocycles. The molecule has 0 unspecified atom stereocenters. The summed E-state index contributed by atoms with van der Waals surface area (Å²) in [7, 11) is 0. The van der Waals surface area contributed by atoms with Crippen LogP contribution < -0.4 is 4.90 Å². The Labute approximate surface area is 151 Å². The van der Waals surface area contributed by atoms with Gasteiger partial charge < -0.3 is 0 Å². The van der Waals surface area contributed by atoms with Gasteiger partial charge in [-0.05, 0) is 42.8 Å². The van der Waals surface area contributed by atoms with Gasteiger partial charge in [0.25, 0.3) is 0 Å². The second-order valence-electron chi connectivity index (χ2n) is 5.03. The number of halogens is 3. The maximum absolute atomic E-state index is 12.4. The van der Waals surface area contributed by atoms with Crippen LogP contribution in [0.25, 0.3) is 0 Å². The summed E-state index contributed by atoms with van der Waals surface area (Å²) in [5, 5.41) is 1.05. The molecule has 6 heteroatoms. The van der Waals surface area contributed by atoms with E-state index in [1.54, 1.807) is 28.8 Å². The molecule has 0 spiro atoms. The zero-order valence-electron chi connectivity index (χ0n) is 11.6. The lowest BCUT2D eigenvalue weighted by molar-refractivity contribution is -0.115. The summed E-state index contributed by atoms with van der Waals surface area (Å²) >= 11 is 17.4. The Kier molecular flexibility index (Phi) is 4.74. The number of amides is 1. The first-order chi connectivity index (χ1) is 10.5. The number of hydrogen-bond donors (Lipinski definition) is 0. The first-order valence-corrected chi connectivity index (χ1v) is 9.22. The van der Waals surface area contributed by atoms with Gasteiger partial charge in [0.1, 0.15) is 5.37 Å². The fraction of sp³-hybridized carbons (Fsp3) is 0.188. The number of carbonyl (C=O) groups excluding carboxylic acids is 1. The molecule has 1 amide bonds. The van der Waals surface area contributed by atoms with Gasteiger partial charge in [0.05, 0.1) is 5.75 Å². The topological polar surface area (TPSA) is 20.3 Å². The molecule has 22 heavy (non-hydrogen) atoms. The predicted molar refractivity (Wildman–Crippen MR) is 98.0 cm³/mol. The van der Waals surface area contributed by atoms with Crippen LogP contribution >= 0.6 is 50.9 Å². The normalized spacial score (nSPS) is 18.1. The van der Waals surface area contributed by atoms with Crippen molar-refractivity contribution in [3.63, 3.8) is 0 Å². The number of benzene rings is 2. The number of carbonyl (C=O) groups is 1. The van der Waals surface area contributed by atoms with Gasteiger partial charge in [-0.25, -0.2) is 0 Å². The molecule has 3 rings (SSSR count). The van der Waals surface area contributed by atoms with Crippen LogP contribution in [-0.2, 0) is 4.79 Å². The Hall–Kier alpha value is -0.680. The minimum Gasteiger partial charge on any atom is -0.295 e. The molecule has 1 atom stereocenters. The molecule has 0 radical (unpaired) electrons. The molecule has 1 aliphatic heterocycles. The Bertz CT molecular complexity index is 753. The highest BCUT2D eigenvalue weighted by atomic mass is 79.9. The van der Waals surface area contributed by atoms with Crippen molar-refractivity contribution >= 4 is 62.5 Å². The van der Waals surface area contributed by atoms with E-state index >= 15 is 0 Å². The van der Waals surface area contributed by atoms with E-state index in [0.717, 1.165) is 21.3 Å². The van der Waals surface area contributed by atoms with Crippen molar-refractivity contribution in [3.8, 4) is 0 Å². The molecule has 0 N–H and O–H groups in total. The van der Waals surface area contributed by atoms with E-state index in [4.69, 9.17) is 23.2 Å². The van der Waals surface area contributed by atoms with Crippen molar-refractivity contribution in [1.82, 2.24) is 0 Å². The first kappa shape index (κ1) is 16.2. The van der Waals surface area contributed by atoms with Gasteiger partial charge in [0.15, 0.2) is 0 Å². The van der Waals surface area contributed by atoms with Crippen LogP contribution in [0, 0.1) is 6.92 Å². The minimum atomic E-state index is -0.127. The number of hydrogen-bond acceptors (Lipinski definition) is 2. The van der Waals surface area contributed by atoms with Crippen LogP contribution in [0.3, 0.4) is 0 Å². The predicted octanol–water partition coefficient (Wildman–Crippen LogP) is 5.84. The molecule has 1 heterocycles. The van der Waals surface area contributed by atoms with Crippen molar-refractivity contribution in [2.45, 2.75) is 12.3 Å². The summed E-state index contributed by atoms with van der Waals surface area (Å²) in [6, 6.07) is 11.3. The van der Waals surface area contributed by atoms with Gasteiger partial charge in [-0.15, -0.1) is 11.8 Å². The van der Waals surface area contributed by atoms with E-state index in [1.165, 1.54) is 0 Å². The second-order valence-corrected chi connectivity index (χ2v) is 7.79. The fourth-order valence-electron chi connectivity index (χ4n) is 2.41. The lowest BCUT2D eigenvalue weighted by atomic mass is 10.1. The molecule has 0 bridgehead atoms. The number of nitrogens with zero attached hydrogens (tertiary/aromatic N) is 1. The largest absolute Gasteiger partial charge is 0.295 e. The number of anilines is 1. The fourth-order valence-corrected chi connectivity index (χ4v) is 4.45. The summed E-state index contributed by atoms with van der Waals surface area (Å²) in [6.45, 7) is 2.01. The zero-order chi connectivity index (χ0) is 15.9. The summed E-state index contributed by atoms with van der Waals surface area (Å²) in [6.07, 6.45) is 0. The van der Waals surface area contributed by atoms with E-state index in [1.807, 2.05) is 31.2 Å². The zero-order valence-corrected chi connectivity index (χ0v) is 15.6. The Morgan fingerprint density at radius 2 is 2.00 bits per heavy atom. The molecular weight excluding hydrogens is 405 g/mol. The standard InChI is InChI=1S/C16H12BrCl2NOS/c1-9-6-11(3-5-13(9)17)20-15(21)8-22-16(20)12-4-2-10(18)7-14(12)19/h2-7,16H,8H2,1H3/t16-/m1/s1. The number of aryl methyl sites for hydroxylation is 1. The van der Waals surface area contributed by atoms with E-state index in [-0.39, 0.29) is 11.3 Å². The number of thioether (sulfide) groups is 1. The average molecular weight is 417 g/mol. The van der Waals surface area contributed by atoms with Crippen LogP contribution in [0.4, 0.5) is 5.69 Å². The third-order valence-electron chi connectivity index (χ3n) is 3.52. The van der Waals surface area contributed by atoms with Gasteiger partial charge in [0.2, 0.25) is 5.91 Å². The molecule has 1 aliphatic rings. The average Bonchev–Trinajstić information content (AvgIpc) is 2.84. The molecule has 114 valence electrons. The van der Waals surface area contributed by atoms with E-state index in [2.05, 4.69) is 15.9 Å². The van der Waals surface area contributed by atoms with Crippen LogP contribution in [-0.4, -0.2) is 11.7 Å². The smallest absolute Gasteiger partial charge is 0.238 e. The van der Waals surface area contributed by atoms with E-state index < -0.39 is 0 Å². The van der Waals surface area contributed by atoms with Gasteiger partial charge in [-0.1, -0.05) is 45.2 Å². The van der Waals surface area contributed by atoms with Crippen LogP contribution in [0.5, 0.6) is 0 Å². The Balaban J connectivity index is 2.03. The number of rotatable bonds is 2. The summed E-state index contributed by atoms with van der Waals surface area (Å²) in [5.74, 6) is 0.529. The lowest BCUT2D eigenvalue weighted by Gasteiger charge is -2.25. The van der Waals surface area contributed by atoms with E-state index in [9.17, 15) is 4.79 Å². The van der Waals surface area contributed by atoms with Crippen molar-refractivity contribution < 1.29 is 4.79 Å². The first-order valence-electron chi connectivity index (χ1n) is 6.62. The van der Waals surface area contributed by atoms with Gasteiger partial charge in [0, 0.05) is 25.8 Å². The van der Waals surface area contributed by atoms with Gasteiger partial charge in [-0.3, -0.25) is 9.69 Å². The van der Waals surface area contributed by atoms with Gasteiger partial charge in [-0.2, -0.15) is 0 Å². The van der Waals surface area contributed by atoms with Gasteiger partial charge >= 0.3 is 0 Å². The Morgan fingerprint density at radius 1 is 1.23 bits per heavy atom. The second kappa shape index (κ2) is 6.44. The van der Waals surface area contributed by atoms with Crippen molar-refractivity contribution in [1.29, 1.82) is 0 Å². The van der Waals surface area contributed by atoms with Crippen LogP contribution in [0.1, 0.15) is 16.5 Å². The van der Waals surface area contributed by atoms with Crippen LogP contribution in [0.2, 0.25) is 10.0 Å². The quantitative estimate of drug-likeness (QED) is 0.612. The minimum absolute atomic E-state index is 0.0859. The highest BCUT2D eigenvalue weighted by Gasteiger charge is 2.35. The molecule has 0 aromatic heterocycles. The monoisotopic (exact) mass is 415 g/mol. The molecule has 2 nitrogen and oxygen atoms in total. The summed E-state index contributed by atoms with van der Waals surface area (Å²) in [4.78, 5) is 14.2. The van der Waals surface area contributed by atoms with Crippen molar-refractivity contribution in [3.05, 3.63) is 62.0 Å². The highest BCUT2D eigenvalue weighted by molar-refractivity contribution is 9.10. The third-order valence-corrected chi connectivity index (χ3v) is 6.16. The third kappa shape index (κ3) is 3.02. The van der Waals surface area contributed by atoms with Crippen LogP contribution in [0.15, 0.2) is 40.9 Å². The van der Waals surface area contributed by atoms with Crippen molar-refractivity contribution in [2.24, 2.45) is 0 Å². The Morgan fingerprint density at radius 3 is 2.68 bits per heavy atom. The molecule has 0 aliphatic carbocycles. The molecular formula is C16H12BrCl2NOS.